The number of ketones is 1. The first kappa shape index (κ1) is 9.66. The number of hydrogen-bond acceptors (Lipinski definition) is 1. The zero-order valence-electron chi connectivity index (χ0n) is 9.97. The summed E-state index contributed by atoms with van der Waals surface area (Å²) in [5.41, 5.74) is 4.90. The van der Waals surface area contributed by atoms with Gasteiger partial charge in [-0.2, -0.15) is 0 Å². The van der Waals surface area contributed by atoms with E-state index in [-0.39, 0.29) is 5.78 Å². The van der Waals surface area contributed by atoms with E-state index in [0.717, 1.165) is 27.8 Å². The van der Waals surface area contributed by atoms with Crippen molar-refractivity contribution >= 4 is 16.7 Å². The van der Waals surface area contributed by atoms with Crippen molar-refractivity contribution < 1.29 is 4.79 Å². The second kappa shape index (κ2) is 3.10. The first-order chi connectivity index (χ1) is 8.75. The Morgan fingerprint density at radius 1 is 1.00 bits per heavy atom. The van der Waals surface area contributed by atoms with E-state index >= 15 is 0 Å². The van der Waals surface area contributed by atoms with Gasteiger partial charge in [-0.1, -0.05) is 24.3 Å². The van der Waals surface area contributed by atoms with Crippen molar-refractivity contribution in [3.63, 3.8) is 0 Å². The summed E-state index contributed by atoms with van der Waals surface area (Å²) in [5.74, 6) is 0.124. The molecule has 0 amide bonds. The summed E-state index contributed by atoms with van der Waals surface area (Å²) in [7, 11) is 0. The molecule has 1 aliphatic heterocycles. The van der Waals surface area contributed by atoms with E-state index in [1.54, 1.807) is 0 Å². The maximum atomic E-state index is 12.3. The molecule has 0 saturated heterocycles. The van der Waals surface area contributed by atoms with Crippen molar-refractivity contribution in [3.8, 4) is 5.69 Å². The van der Waals surface area contributed by atoms with Crippen LogP contribution in [-0.4, -0.2) is 10.4 Å². The molecule has 2 aromatic carbocycles. The van der Waals surface area contributed by atoms with Crippen LogP contribution in [0.2, 0.25) is 0 Å². The third-order valence-corrected chi connectivity index (χ3v) is 3.58. The zero-order valence-corrected chi connectivity index (χ0v) is 9.97. The molecule has 0 fully saturated rings. The highest BCUT2D eigenvalue weighted by Crippen LogP contribution is 2.34. The van der Waals surface area contributed by atoms with Gasteiger partial charge >= 0.3 is 0 Å². The fourth-order valence-corrected chi connectivity index (χ4v) is 2.74. The van der Waals surface area contributed by atoms with E-state index in [1.165, 1.54) is 5.56 Å². The summed E-state index contributed by atoms with van der Waals surface area (Å²) in [4.78, 5) is 12.3. The summed E-state index contributed by atoms with van der Waals surface area (Å²) in [6.45, 7) is 2.07. The Kier molecular flexibility index (Phi) is 1.67. The van der Waals surface area contributed by atoms with Crippen LogP contribution in [0.4, 0.5) is 0 Å². The number of fused-ring (bicyclic) bond motifs is 5. The Hall–Kier alpha value is -2.35. The summed E-state index contributed by atoms with van der Waals surface area (Å²) >= 11 is 0. The number of nitrogens with zero attached hydrogens (tertiary/aromatic N) is 1. The van der Waals surface area contributed by atoms with Gasteiger partial charge in [0.2, 0.25) is 5.78 Å². The van der Waals surface area contributed by atoms with Crippen LogP contribution in [0.15, 0.2) is 48.5 Å². The summed E-state index contributed by atoms with van der Waals surface area (Å²) in [6.07, 6.45) is 0. The van der Waals surface area contributed by atoms with E-state index in [4.69, 9.17) is 0 Å². The number of carbonyl (C=O) groups is 1. The average molecular weight is 233 g/mol. The molecule has 18 heavy (non-hydrogen) atoms. The number of hydrogen-bond donors (Lipinski definition) is 0. The van der Waals surface area contributed by atoms with Crippen LogP contribution in [0, 0.1) is 6.92 Å². The lowest BCUT2D eigenvalue weighted by Crippen LogP contribution is -1.94. The Labute approximate surface area is 104 Å². The second-order valence-electron chi connectivity index (χ2n) is 4.77. The fraction of sp³-hybridized carbons (Fsp3) is 0.0625. The molecule has 0 aliphatic carbocycles. The number of aryl methyl sites for hydroxylation is 1. The second-order valence-corrected chi connectivity index (χ2v) is 4.77. The predicted molar refractivity (Wildman–Crippen MR) is 71.4 cm³/mol. The smallest absolute Gasteiger partial charge is 0.211 e. The molecule has 2 nitrogen and oxygen atoms in total. The van der Waals surface area contributed by atoms with Gasteiger partial charge in [0.1, 0.15) is 0 Å². The van der Waals surface area contributed by atoms with E-state index < -0.39 is 0 Å². The Balaban J connectivity index is 2.19. The molecule has 2 heterocycles. The van der Waals surface area contributed by atoms with Crippen molar-refractivity contribution in [2.24, 2.45) is 0 Å². The molecule has 0 bridgehead atoms. The van der Waals surface area contributed by atoms with Crippen LogP contribution in [0.5, 0.6) is 0 Å². The largest absolute Gasteiger partial charge is 0.305 e. The molecule has 86 valence electrons. The topological polar surface area (TPSA) is 22.0 Å². The van der Waals surface area contributed by atoms with Gasteiger partial charge in [-0.05, 0) is 36.8 Å². The molecule has 3 aromatic rings. The van der Waals surface area contributed by atoms with Gasteiger partial charge < -0.3 is 4.57 Å². The quantitative estimate of drug-likeness (QED) is 0.455. The zero-order chi connectivity index (χ0) is 12.3. The van der Waals surface area contributed by atoms with E-state index in [0.29, 0.717) is 0 Å². The third kappa shape index (κ3) is 1.05. The molecular formula is C16H11NO. The maximum absolute atomic E-state index is 12.3. The minimum atomic E-state index is 0.124. The first-order valence-electron chi connectivity index (χ1n) is 6.02. The lowest BCUT2D eigenvalue weighted by Gasteiger charge is -2.04. The lowest BCUT2D eigenvalue weighted by molar-refractivity contribution is 0.104. The number of carbonyl (C=O) groups excluding carboxylic acids is 1. The van der Waals surface area contributed by atoms with Gasteiger partial charge in [0, 0.05) is 10.9 Å². The van der Waals surface area contributed by atoms with Gasteiger partial charge in [-0.15, -0.1) is 0 Å². The molecule has 0 N–H and O–H groups in total. The number of rotatable bonds is 0. The molecule has 1 aliphatic rings. The molecule has 0 saturated carbocycles. The van der Waals surface area contributed by atoms with Gasteiger partial charge in [0.25, 0.3) is 0 Å². The van der Waals surface area contributed by atoms with Gasteiger partial charge in [-0.25, -0.2) is 0 Å². The molecule has 1 aromatic heterocycles. The minimum Gasteiger partial charge on any atom is -0.305 e. The van der Waals surface area contributed by atoms with Crippen molar-refractivity contribution in [2.75, 3.05) is 0 Å². The van der Waals surface area contributed by atoms with Crippen LogP contribution in [0.25, 0.3) is 16.6 Å². The summed E-state index contributed by atoms with van der Waals surface area (Å²) < 4.78 is 2.07. The molecule has 0 spiro atoms. The molecule has 0 atom stereocenters. The third-order valence-electron chi connectivity index (χ3n) is 3.58. The van der Waals surface area contributed by atoms with Crippen molar-refractivity contribution in [1.82, 2.24) is 4.57 Å². The minimum absolute atomic E-state index is 0.124. The van der Waals surface area contributed by atoms with Gasteiger partial charge in [-0.3, -0.25) is 4.79 Å². The Morgan fingerprint density at radius 3 is 2.72 bits per heavy atom. The van der Waals surface area contributed by atoms with Crippen LogP contribution in [-0.2, 0) is 0 Å². The molecule has 0 unspecified atom stereocenters. The summed E-state index contributed by atoms with van der Waals surface area (Å²) in [6, 6.07) is 16.1. The normalized spacial score (nSPS) is 12.8. The van der Waals surface area contributed by atoms with Crippen molar-refractivity contribution in [2.45, 2.75) is 6.92 Å². The monoisotopic (exact) mass is 233 g/mol. The van der Waals surface area contributed by atoms with E-state index in [1.807, 2.05) is 30.3 Å². The standard InChI is InChI=1S/C16H11NO/c1-10-6-7-11-9-15-16(18)12-4-2-3-5-13(12)17(15)14(11)8-10/h2-9H,1H3. The predicted octanol–water partition coefficient (Wildman–Crippen LogP) is 3.48. The number of benzene rings is 2. The molecular weight excluding hydrogens is 222 g/mol. The molecule has 0 radical (unpaired) electrons. The maximum Gasteiger partial charge on any atom is 0.211 e. The van der Waals surface area contributed by atoms with Gasteiger partial charge in [0.15, 0.2) is 0 Å². The van der Waals surface area contributed by atoms with Crippen molar-refractivity contribution in [1.29, 1.82) is 0 Å². The molecule has 2 heteroatoms. The van der Waals surface area contributed by atoms with E-state index in [2.05, 4.69) is 29.7 Å². The first-order valence-corrected chi connectivity index (χ1v) is 6.02. The SMILES string of the molecule is Cc1ccc2cc3n(c2c1)-c1ccccc1C3=O. The van der Waals surface area contributed by atoms with Gasteiger partial charge in [0.05, 0.1) is 16.9 Å². The Bertz CT molecular complexity index is 811. The van der Waals surface area contributed by atoms with Crippen LogP contribution in [0.3, 0.4) is 0 Å². The highest BCUT2D eigenvalue weighted by Gasteiger charge is 2.27. The lowest BCUT2D eigenvalue weighted by atomic mass is 10.1. The number of aromatic nitrogens is 1. The number of para-hydroxylation sites is 1. The van der Waals surface area contributed by atoms with Crippen molar-refractivity contribution in [3.05, 3.63) is 65.4 Å². The highest BCUT2D eigenvalue weighted by atomic mass is 16.1. The van der Waals surface area contributed by atoms with Crippen LogP contribution >= 0.6 is 0 Å². The summed E-state index contributed by atoms with van der Waals surface area (Å²) in [5, 5.41) is 1.12. The fourth-order valence-electron chi connectivity index (χ4n) is 2.74. The van der Waals surface area contributed by atoms with E-state index in [9.17, 15) is 4.79 Å². The molecule has 4 rings (SSSR count). The van der Waals surface area contributed by atoms with Crippen LogP contribution < -0.4 is 0 Å². The van der Waals surface area contributed by atoms with Crippen LogP contribution in [0.1, 0.15) is 21.6 Å². The Morgan fingerprint density at radius 2 is 1.83 bits per heavy atom. The average Bonchev–Trinajstić information content (AvgIpc) is 2.87. The highest BCUT2D eigenvalue weighted by molar-refractivity contribution is 6.16.